The van der Waals surface area contributed by atoms with Gasteiger partial charge in [0.15, 0.2) is 11.2 Å². The lowest BCUT2D eigenvalue weighted by Gasteiger charge is -2.14. The maximum absolute atomic E-state index is 12.2. The minimum atomic E-state index is -1.04. The summed E-state index contributed by atoms with van der Waals surface area (Å²) in [6.07, 6.45) is 0. The number of aliphatic carboxylic acids is 1. The van der Waals surface area contributed by atoms with Gasteiger partial charge in [-0.25, -0.2) is 9.78 Å². The van der Waals surface area contributed by atoms with E-state index in [2.05, 4.69) is 10.3 Å². The van der Waals surface area contributed by atoms with E-state index in [1.165, 1.54) is 11.6 Å². The zero-order valence-electron chi connectivity index (χ0n) is 12.2. The molecule has 0 aliphatic rings. The molecule has 0 aromatic carbocycles. The fraction of sp³-hybridized carbons (Fsp3) is 0.500. The first kappa shape index (κ1) is 14.8. The molecule has 2 aromatic rings. The lowest BCUT2D eigenvalue weighted by Crippen LogP contribution is -2.37. The van der Waals surface area contributed by atoms with E-state index >= 15 is 0 Å². The van der Waals surface area contributed by atoms with Crippen molar-refractivity contribution in [2.24, 2.45) is 14.1 Å². The van der Waals surface area contributed by atoms with Crippen LogP contribution < -0.4 is 16.6 Å². The highest BCUT2D eigenvalue weighted by Gasteiger charge is 2.20. The van der Waals surface area contributed by atoms with E-state index in [1.54, 1.807) is 11.6 Å². The molecule has 0 bridgehead atoms. The highest BCUT2D eigenvalue weighted by atomic mass is 16.4. The summed E-state index contributed by atoms with van der Waals surface area (Å²) < 4.78 is 3.94. The molecule has 0 atom stereocenters. The molecular weight excluding hydrogens is 278 g/mol. The topological polar surface area (TPSA) is 111 Å². The SMILES string of the molecule is CC(C)n1c(NCC(=O)O)nc2c(=O)n(C)c(=O)n(C)c21. The molecule has 2 rings (SSSR count). The monoisotopic (exact) mass is 295 g/mol. The van der Waals surface area contributed by atoms with Crippen LogP contribution in [-0.4, -0.2) is 36.3 Å². The van der Waals surface area contributed by atoms with Crippen molar-refractivity contribution in [3.8, 4) is 0 Å². The summed E-state index contributed by atoms with van der Waals surface area (Å²) in [5, 5.41) is 11.4. The van der Waals surface area contributed by atoms with Crippen LogP contribution in [0, 0.1) is 0 Å². The van der Waals surface area contributed by atoms with E-state index in [-0.39, 0.29) is 24.1 Å². The number of aryl methyl sites for hydroxylation is 1. The Kier molecular flexibility index (Phi) is 3.58. The normalized spacial score (nSPS) is 11.3. The fourth-order valence-electron chi connectivity index (χ4n) is 2.22. The zero-order chi connectivity index (χ0) is 15.9. The quantitative estimate of drug-likeness (QED) is 0.787. The Hall–Kier alpha value is -2.58. The zero-order valence-corrected chi connectivity index (χ0v) is 12.2. The second-order valence-electron chi connectivity index (χ2n) is 5.02. The van der Waals surface area contributed by atoms with Gasteiger partial charge in [-0.05, 0) is 13.8 Å². The van der Waals surface area contributed by atoms with E-state index in [9.17, 15) is 14.4 Å². The van der Waals surface area contributed by atoms with Crippen molar-refractivity contribution in [1.29, 1.82) is 0 Å². The Morgan fingerprint density at radius 3 is 2.43 bits per heavy atom. The van der Waals surface area contributed by atoms with Crippen molar-refractivity contribution >= 4 is 23.1 Å². The summed E-state index contributed by atoms with van der Waals surface area (Å²) in [4.78, 5) is 39.0. The van der Waals surface area contributed by atoms with Gasteiger partial charge in [0.2, 0.25) is 5.95 Å². The molecule has 9 heteroatoms. The Morgan fingerprint density at radius 2 is 1.90 bits per heavy atom. The highest BCUT2D eigenvalue weighted by molar-refractivity contribution is 5.76. The standard InChI is InChI=1S/C12H17N5O4/c1-6(2)17-9-8(14-11(17)13-5-7(18)19)10(20)16(4)12(21)15(9)3/h6H,5H2,1-4H3,(H,13,14)(H,18,19). The molecule has 0 saturated heterocycles. The largest absolute Gasteiger partial charge is 0.480 e. The first-order valence-electron chi connectivity index (χ1n) is 6.39. The molecule has 2 heterocycles. The van der Waals surface area contributed by atoms with Gasteiger partial charge in [0, 0.05) is 20.1 Å². The summed E-state index contributed by atoms with van der Waals surface area (Å²) in [5.41, 5.74) is -0.475. The van der Waals surface area contributed by atoms with Crippen LogP contribution in [0.2, 0.25) is 0 Å². The number of carboxylic acid groups (broad SMARTS) is 1. The second-order valence-corrected chi connectivity index (χ2v) is 5.02. The predicted molar refractivity (Wildman–Crippen MR) is 76.7 cm³/mol. The maximum Gasteiger partial charge on any atom is 0.332 e. The van der Waals surface area contributed by atoms with E-state index < -0.39 is 17.2 Å². The minimum Gasteiger partial charge on any atom is -0.480 e. The number of nitrogens with one attached hydrogen (secondary N) is 1. The Morgan fingerprint density at radius 1 is 1.29 bits per heavy atom. The van der Waals surface area contributed by atoms with Gasteiger partial charge in [-0.1, -0.05) is 0 Å². The summed E-state index contributed by atoms with van der Waals surface area (Å²) >= 11 is 0. The molecule has 0 aliphatic carbocycles. The van der Waals surface area contributed by atoms with Crippen molar-refractivity contribution in [2.45, 2.75) is 19.9 Å². The lowest BCUT2D eigenvalue weighted by atomic mass is 10.4. The Labute approximate surface area is 119 Å². The molecular formula is C12H17N5O4. The highest BCUT2D eigenvalue weighted by Crippen LogP contribution is 2.21. The Balaban J connectivity index is 2.84. The van der Waals surface area contributed by atoms with Gasteiger partial charge in [0.25, 0.3) is 5.56 Å². The van der Waals surface area contributed by atoms with Crippen molar-refractivity contribution < 1.29 is 9.90 Å². The van der Waals surface area contributed by atoms with Crippen LogP contribution in [0.1, 0.15) is 19.9 Å². The van der Waals surface area contributed by atoms with Gasteiger partial charge in [0.1, 0.15) is 6.54 Å². The molecule has 0 radical (unpaired) electrons. The molecule has 21 heavy (non-hydrogen) atoms. The summed E-state index contributed by atoms with van der Waals surface area (Å²) in [6.45, 7) is 3.38. The summed E-state index contributed by atoms with van der Waals surface area (Å²) in [6, 6.07) is -0.107. The maximum atomic E-state index is 12.2. The number of nitrogens with zero attached hydrogens (tertiary/aromatic N) is 4. The number of imidazole rings is 1. The van der Waals surface area contributed by atoms with Crippen molar-refractivity contribution in [3.05, 3.63) is 20.8 Å². The minimum absolute atomic E-state index is 0.107. The summed E-state index contributed by atoms with van der Waals surface area (Å²) in [7, 11) is 2.93. The van der Waals surface area contributed by atoms with Gasteiger partial charge in [-0.3, -0.25) is 23.3 Å². The molecule has 0 saturated carbocycles. The number of hydrogen-bond acceptors (Lipinski definition) is 5. The smallest absolute Gasteiger partial charge is 0.332 e. The Bertz CT molecular complexity index is 827. The van der Waals surface area contributed by atoms with Gasteiger partial charge in [-0.2, -0.15) is 0 Å². The van der Waals surface area contributed by atoms with Gasteiger partial charge >= 0.3 is 11.7 Å². The fourth-order valence-corrected chi connectivity index (χ4v) is 2.22. The molecule has 0 aliphatic heterocycles. The third kappa shape index (κ3) is 2.30. The number of aromatic nitrogens is 4. The number of carboxylic acids is 1. The van der Waals surface area contributed by atoms with Crippen molar-refractivity contribution in [1.82, 2.24) is 18.7 Å². The van der Waals surface area contributed by atoms with Crippen LogP contribution in [0.15, 0.2) is 9.59 Å². The molecule has 2 N–H and O–H groups in total. The van der Waals surface area contributed by atoms with E-state index in [0.717, 1.165) is 4.57 Å². The average Bonchev–Trinajstić information content (AvgIpc) is 2.80. The third-order valence-corrected chi connectivity index (χ3v) is 3.20. The number of rotatable bonds is 4. The van der Waals surface area contributed by atoms with Crippen LogP contribution in [-0.2, 0) is 18.9 Å². The molecule has 2 aromatic heterocycles. The lowest BCUT2D eigenvalue weighted by molar-refractivity contribution is -0.134. The van der Waals surface area contributed by atoms with Crippen molar-refractivity contribution in [2.75, 3.05) is 11.9 Å². The van der Waals surface area contributed by atoms with E-state index in [0.29, 0.717) is 5.65 Å². The van der Waals surface area contributed by atoms with E-state index in [4.69, 9.17) is 5.11 Å². The number of hydrogen-bond donors (Lipinski definition) is 2. The van der Waals surface area contributed by atoms with Gasteiger partial charge in [-0.15, -0.1) is 0 Å². The number of carbonyl (C=O) groups is 1. The average molecular weight is 295 g/mol. The first-order valence-corrected chi connectivity index (χ1v) is 6.39. The molecule has 0 spiro atoms. The van der Waals surface area contributed by atoms with Gasteiger partial charge < -0.3 is 10.4 Å². The molecule has 114 valence electrons. The number of anilines is 1. The third-order valence-electron chi connectivity index (χ3n) is 3.20. The predicted octanol–water partition coefficient (Wildman–Crippen LogP) is -0.489. The molecule has 0 unspecified atom stereocenters. The van der Waals surface area contributed by atoms with Crippen LogP contribution in [0.5, 0.6) is 0 Å². The molecule has 0 fully saturated rings. The first-order chi connectivity index (χ1) is 9.75. The summed E-state index contributed by atoms with van der Waals surface area (Å²) in [5.74, 6) is -0.792. The van der Waals surface area contributed by atoms with Crippen LogP contribution >= 0.6 is 0 Å². The molecule has 0 amide bonds. The van der Waals surface area contributed by atoms with Crippen LogP contribution in [0.3, 0.4) is 0 Å². The molecule has 9 nitrogen and oxygen atoms in total. The second kappa shape index (κ2) is 5.08. The van der Waals surface area contributed by atoms with E-state index in [1.807, 2.05) is 13.8 Å². The van der Waals surface area contributed by atoms with Gasteiger partial charge in [0.05, 0.1) is 0 Å². The number of fused-ring (bicyclic) bond motifs is 1. The van der Waals surface area contributed by atoms with Crippen LogP contribution in [0.4, 0.5) is 5.95 Å². The van der Waals surface area contributed by atoms with Crippen molar-refractivity contribution in [3.63, 3.8) is 0 Å². The van der Waals surface area contributed by atoms with Crippen LogP contribution in [0.25, 0.3) is 11.2 Å².